The first-order chi connectivity index (χ1) is 13.7. The molecule has 156 valence electrons. The number of hydrogen-bond donors (Lipinski definition) is 0. The van der Waals surface area contributed by atoms with Crippen LogP contribution in [0.1, 0.15) is 45.7 Å². The van der Waals surface area contributed by atoms with Gasteiger partial charge < -0.3 is 0 Å². The van der Waals surface area contributed by atoms with Crippen LogP contribution in [0.3, 0.4) is 0 Å². The Kier molecular flexibility index (Phi) is 8.37. The Hall–Kier alpha value is -1.76. The maximum atomic E-state index is 13.5. The van der Waals surface area contributed by atoms with Crippen molar-refractivity contribution < 1.29 is 9.59 Å². The molecule has 0 heterocycles. The summed E-state index contributed by atoms with van der Waals surface area (Å²) in [4.78, 5) is 31.3. The molecule has 0 saturated heterocycles. The molecular weight excluding hydrogens is 421 g/mol. The van der Waals surface area contributed by atoms with Gasteiger partial charge in [-0.25, -0.2) is 0 Å². The minimum absolute atomic E-state index is 0.105. The number of hydrogen-bond acceptors (Lipinski definition) is 4. The number of carbonyl (C=O) groups is 2. The van der Waals surface area contributed by atoms with Crippen molar-refractivity contribution in [3.63, 3.8) is 0 Å². The van der Waals surface area contributed by atoms with Gasteiger partial charge in [-0.05, 0) is 0 Å². The molecule has 0 aliphatic carbocycles. The van der Waals surface area contributed by atoms with Crippen molar-refractivity contribution in [2.45, 2.75) is 37.4 Å². The van der Waals surface area contributed by atoms with Crippen LogP contribution in [-0.4, -0.2) is 60.5 Å². The zero-order valence-electron chi connectivity index (χ0n) is 18.7. The molecule has 0 radical (unpaired) electrons. The molecule has 5 heteroatoms. The standard InChI is InChI=1S/C24H34GeN2O2/c1-7-25(8-2,23(28)21-13-9-19(10-14-21)17-26(3)4)24(29)22-15-11-20(12-16-22)18-27(5)6/h9-16H,7-8,17-18H2,1-6H3. The van der Waals surface area contributed by atoms with Crippen LogP contribution in [-0.2, 0) is 13.1 Å². The van der Waals surface area contributed by atoms with Gasteiger partial charge in [0.1, 0.15) is 0 Å². The third-order valence-electron chi connectivity index (χ3n) is 5.51. The third-order valence-corrected chi connectivity index (χ3v) is 15.4. The van der Waals surface area contributed by atoms with Crippen LogP contribution in [0.2, 0.25) is 10.5 Å². The Balaban J connectivity index is 2.31. The summed E-state index contributed by atoms with van der Waals surface area (Å²) >= 11 is -3.46. The van der Waals surface area contributed by atoms with E-state index in [4.69, 9.17) is 0 Å². The SMILES string of the molecule is C[CH2][Ge]([CH2]C)([C](=O)c1ccc(CN(C)C)cc1)[C](=O)c1ccc(CN(C)C)cc1. The Labute approximate surface area is 178 Å². The van der Waals surface area contributed by atoms with Crippen molar-refractivity contribution in [3.8, 4) is 0 Å². The number of benzene rings is 2. The van der Waals surface area contributed by atoms with Crippen LogP contribution in [0.15, 0.2) is 48.5 Å². The Morgan fingerprint density at radius 2 is 0.966 bits per heavy atom. The van der Waals surface area contributed by atoms with Crippen LogP contribution in [0.25, 0.3) is 0 Å². The first kappa shape index (κ1) is 23.5. The monoisotopic (exact) mass is 456 g/mol. The van der Waals surface area contributed by atoms with E-state index >= 15 is 0 Å². The van der Waals surface area contributed by atoms with Crippen molar-refractivity contribution in [2.24, 2.45) is 0 Å². The molecule has 0 amide bonds. The molecule has 0 atom stereocenters. The second kappa shape index (κ2) is 10.3. The van der Waals surface area contributed by atoms with E-state index < -0.39 is 13.3 Å². The molecule has 0 fully saturated rings. The summed E-state index contributed by atoms with van der Waals surface area (Å²) in [7, 11) is 8.10. The van der Waals surface area contributed by atoms with E-state index in [1.54, 1.807) is 0 Å². The summed E-state index contributed by atoms with van der Waals surface area (Å²) in [6.45, 7) is 5.70. The van der Waals surface area contributed by atoms with Crippen LogP contribution in [0, 0.1) is 0 Å². The second-order valence-corrected chi connectivity index (χ2v) is 17.7. The van der Waals surface area contributed by atoms with Crippen molar-refractivity contribution in [2.75, 3.05) is 28.2 Å². The van der Waals surface area contributed by atoms with Crippen LogP contribution in [0.5, 0.6) is 0 Å². The van der Waals surface area contributed by atoms with Gasteiger partial charge in [0.2, 0.25) is 0 Å². The molecule has 0 unspecified atom stereocenters. The molecule has 0 aromatic heterocycles. The molecule has 0 aliphatic rings. The van der Waals surface area contributed by atoms with Gasteiger partial charge >= 0.3 is 178 Å². The average Bonchev–Trinajstić information content (AvgIpc) is 2.69. The molecule has 0 aliphatic heterocycles. The van der Waals surface area contributed by atoms with E-state index in [0.29, 0.717) is 21.6 Å². The van der Waals surface area contributed by atoms with Gasteiger partial charge in [0.15, 0.2) is 0 Å². The predicted octanol–water partition coefficient (Wildman–Crippen LogP) is 4.44. The fraction of sp³-hybridized carbons (Fsp3) is 0.417. The van der Waals surface area contributed by atoms with Crippen LogP contribution >= 0.6 is 0 Å². The van der Waals surface area contributed by atoms with Gasteiger partial charge in [0.05, 0.1) is 0 Å². The zero-order valence-corrected chi connectivity index (χ0v) is 20.8. The van der Waals surface area contributed by atoms with Gasteiger partial charge in [-0.2, -0.15) is 0 Å². The summed E-state index contributed by atoms with van der Waals surface area (Å²) in [6.07, 6.45) is 0. The molecule has 0 saturated carbocycles. The van der Waals surface area contributed by atoms with E-state index in [1.807, 2.05) is 90.6 Å². The summed E-state index contributed by atoms with van der Waals surface area (Å²) in [5.74, 6) is 0. The first-order valence-corrected chi connectivity index (χ1v) is 15.4. The first-order valence-electron chi connectivity index (χ1n) is 10.3. The fourth-order valence-electron chi connectivity index (χ4n) is 3.80. The molecule has 0 bridgehead atoms. The van der Waals surface area contributed by atoms with Gasteiger partial charge in [0.25, 0.3) is 0 Å². The number of rotatable bonds is 10. The number of carbonyl (C=O) groups excluding carboxylic acids is 2. The average molecular weight is 455 g/mol. The third kappa shape index (κ3) is 5.65. The normalized spacial score (nSPS) is 11.9. The molecule has 29 heavy (non-hydrogen) atoms. The summed E-state index contributed by atoms with van der Waals surface area (Å²) in [6, 6.07) is 15.6. The van der Waals surface area contributed by atoms with Crippen molar-refractivity contribution in [3.05, 3.63) is 70.8 Å². The van der Waals surface area contributed by atoms with E-state index in [9.17, 15) is 9.59 Å². The van der Waals surface area contributed by atoms with Crippen molar-refractivity contribution >= 4 is 22.5 Å². The second-order valence-electron chi connectivity index (χ2n) is 8.32. The summed E-state index contributed by atoms with van der Waals surface area (Å²) in [5, 5.41) is 1.35. The summed E-state index contributed by atoms with van der Waals surface area (Å²) < 4.78 is 0.211. The Morgan fingerprint density at radius 1 is 0.655 bits per heavy atom. The van der Waals surface area contributed by atoms with Gasteiger partial charge in [-0.1, -0.05) is 0 Å². The summed E-state index contributed by atoms with van der Waals surface area (Å²) in [5.41, 5.74) is 3.71. The number of nitrogens with zero attached hydrogens (tertiary/aromatic N) is 2. The fourth-order valence-corrected chi connectivity index (χ4v) is 11.0. The van der Waals surface area contributed by atoms with E-state index in [-0.39, 0.29) is 9.23 Å². The topological polar surface area (TPSA) is 40.6 Å². The van der Waals surface area contributed by atoms with Gasteiger partial charge in [-0.15, -0.1) is 0 Å². The molecule has 2 rings (SSSR count). The van der Waals surface area contributed by atoms with E-state index in [1.165, 1.54) is 11.1 Å². The Morgan fingerprint density at radius 3 is 1.21 bits per heavy atom. The van der Waals surface area contributed by atoms with Gasteiger partial charge in [0, 0.05) is 0 Å². The zero-order chi connectivity index (χ0) is 21.6. The molecule has 4 nitrogen and oxygen atoms in total. The molecule has 2 aromatic rings. The molecular formula is C24H34GeN2O2. The van der Waals surface area contributed by atoms with Crippen LogP contribution in [0.4, 0.5) is 0 Å². The van der Waals surface area contributed by atoms with Gasteiger partial charge in [-0.3, -0.25) is 0 Å². The molecule has 0 N–H and O–H groups in total. The van der Waals surface area contributed by atoms with Crippen molar-refractivity contribution in [1.82, 2.24) is 9.80 Å². The molecule has 0 spiro atoms. The van der Waals surface area contributed by atoms with Crippen LogP contribution < -0.4 is 0 Å². The van der Waals surface area contributed by atoms with E-state index in [0.717, 1.165) is 13.1 Å². The quantitative estimate of drug-likeness (QED) is 0.497. The predicted molar refractivity (Wildman–Crippen MR) is 123 cm³/mol. The molecule has 2 aromatic carbocycles. The minimum atomic E-state index is -3.46. The Bertz CT molecular complexity index is 755. The maximum absolute atomic E-state index is 13.5. The van der Waals surface area contributed by atoms with Crippen molar-refractivity contribution in [1.29, 1.82) is 0 Å². The van der Waals surface area contributed by atoms with E-state index in [2.05, 4.69) is 9.80 Å².